The molecule has 2 aromatic rings. The van der Waals surface area contributed by atoms with Crippen LogP contribution in [0, 0.1) is 23.0 Å². The van der Waals surface area contributed by atoms with E-state index in [4.69, 9.17) is 0 Å². The van der Waals surface area contributed by atoms with E-state index in [2.05, 4.69) is 10.6 Å². The van der Waals surface area contributed by atoms with Gasteiger partial charge in [0.1, 0.15) is 0 Å². The molecular weight excluding hydrogens is 346 g/mol. The van der Waals surface area contributed by atoms with E-state index in [-0.39, 0.29) is 23.4 Å². The minimum Gasteiger partial charge on any atom is -0.326 e. The van der Waals surface area contributed by atoms with E-state index in [1.807, 2.05) is 13.0 Å². The van der Waals surface area contributed by atoms with Crippen LogP contribution < -0.4 is 10.6 Å². The molecule has 2 amide bonds. The van der Waals surface area contributed by atoms with Gasteiger partial charge in [0.15, 0.2) is 0 Å². The molecule has 138 valence electrons. The highest BCUT2D eigenvalue weighted by atomic mass is 16.6. The van der Waals surface area contributed by atoms with Gasteiger partial charge in [0.05, 0.1) is 4.92 Å². The number of rotatable bonds is 6. The van der Waals surface area contributed by atoms with Crippen LogP contribution in [0.15, 0.2) is 48.5 Å². The van der Waals surface area contributed by atoms with Crippen molar-refractivity contribution in [3.8, 4) is 0 Å². The van der Waals surface area contributed by atoms with Crippen molar-refractivity contribution in [3.05, 3.63) is 69.8 Å². The standard InChI is InChI=1S/C20H19N3O4/c1-13-5-9-16(12-18(13)22-20(25)15-7-8-15)21-19(24)10-6-14-3-2-4-17(11-14)23(26)27/h2-6,9-12,15H,7-8H2,1H3,(H,21,24)(H,22,25)/b10-6+. The highest BCUT2D eigenvalue weighted by Crippen LogP contribution is 2.31. The van der Waals surface area contributed by atoms with Gasteiger partial charge in [-0.2, -0.15) is 0 Å². The minimum atomic E-state index is -0.485. The smallest absolute Gasteiger partial charge is 0.270 e. The third-order valence-corrected chi connectivity index (χ3v) is 4.22. The summed E-state index contributed by atoms with van der Waals surface area (Å²) in [7, 11) is 0. The summed E-state index contributed by atoms with van der Waals surface area (Å²) in [6.07, 6.45) is 4.65. The largest absolute Gasteiger partial charge is 0.326 e. The molecule has 1 fully saturated rings. The Bertz CT molecular complexity index is 933. The number of hydrogen-bond donors (Lipinski definition) is 2. The van der Waals surface area contributed by atoms with Crippen LogP contribution >= 0.6 is 0 Å². The van der Waals surface area contributed by atoms with Crippen LogP contribution in [0.1, 0.15) is 24.0 Å². The van der Waals surface area contributed by atoms with E-state index in [0.717, 1.165) is 18.4 Å². The zero-order valence-corrected chi connectivity index (χ0v) is 14.8. The zero-order valence-electron chi connectivity index (χ0n) is 14.8. The molecule has 0 aromatic heterocycles. The summed E-state index contributed by atoms with van der Waals surface area (Å²) in [4.78, 5) is 34.4. The van der Waals surface area contributed by atoms with Crippen LogP contribution in [0.4, 0.5) is 17.1 Å². The van der Waals surface area contributed by atoms with Crippen LogP contribution in [-0.2, 0) is 9.59 Å². The maximum Gasteiger partial charge on any atom is 0.270 e. The fourth-order valence-corrected chi connectivity index (χ4v) is 2.51. The van der Waals surface area contributed by atoms with E-state index in [0.29, 0.717) is 16.9 Å². The van der Waals surface area contributed by atoms with Crippen LogP contribution in [-0.4, -0.2) is 16.7 Å². The van der Waals surface area contributed by atoms with Gasteiger partial charge in [0.2, 0.25) is 11.8 Å². The molecule has 0 aliphatic heterocycles. The van der Waals surface area contributed by atoms with E-state index < -0.39 is 4.92 Å². The number of non-ortho nitro benzene ring substituents is 1. The molecule has 2 aromatic carbocycles. The van der Waals surface area contributed by atoms with Crippen LogP contribution in [0.2, 0.25) is 0 Å². The van der Waals surface area contributed by atoms with E-state index in [1.54, 1.807) is 24.3 Å². The van der Waals surface area contributed by atoms with Crippen LogP contribution in [0.25, 0.3) is 6.08 Å². The van der Waals surface area contributed by atoms with Crippen LogP contribution in [0.5, 0.6) is 0 Å². The Morgan fingerprint density at radius 2 is 1.93 bits per heavy atom. The Labute approximate surface area is 156 Å². The van der Waals surface area contributed by atoms with Gasteiger partial charge in [-0.3, -0.25) is 19.7 Å². The minimum absolute atomic E-state index is 0.00662. The van der Waals surface area contributed by atoms with Gasteiger partial charge in [-0.25, -0.2) is 0 Å². The Kier molecular flexibility index (Phi) is 5.30. The van der Waals surface area contributed by atoms with Crippen molar-refractivity contribution in [2.45, 2.75) is 19.8 Å². The summed E-state index contributed by atoms with van der Waals surface area (Å²) in [5, 5.41) is 16.4. The van der Waals surface area contributed by atoms with Crippen molar-refractivity contribution in [2.75, 3.05) is 10.6 Å². The lowest BCUT2D eigenvalue weighted by Crippen LogP contribution is -2.15. The lowest BCUT2D eigenvalue weighted by molar-refractivity contribution is -0.384. The molecule has 1 aliphatic carbocycles. The van der Waals surface area contributed by atoms with Crippen molar-refractivity contribution in [2.24, 2.45) is 5.92 Å². The highest BCUT2D eigenvalue weighted by molar-refractivity contribution is 6.02. The molecule has 0 heterocycles. The Morgan fingerprint density at radius 3 is 2.63 bits per heavy atom. The number of nitro benzene ring substituents is 1. The number of nitrogens with one attached hydrogen (secondary N) is 2. The molecule has 27 heavy (non-hydrogen) atoms. The Hall–Kier alpha value is -3.48. The van der Waals surface area contributed by atoms with E-state index in [1.165, 1.54) is 24.3 Å². The second-order valence-corrected chi connectivity index (χ2v) is 6.47. The predicted molar refractivity (Wildman–Crippen MR) is 103 cm³/mol. The molecule has 0 unspecified atom stereocenters. The fraction of sp³-hybridized carbons (Fsp3) is 0.200. The number of carbonyl (C=O) groups excluding carboxylic acids is 2. The highest BCUT2D eigenvalue weighted by Gasteiger charge is 2.29. The first kappa shape index (κ1) is 18.3. The summed E-state index contributed by atoms with van der Waals surface area (Å²) >= 11 is 0. The lowest BCUT2D eigenvalue weighted by Gasteiger charge is -2.10. The molecule has 0 saturated heterocycles. The van der Waals surface area contributed by atoms with Crippen molar-refractivity contribution in [1.29, 1.82) is 0 Å². The molecule has 1 saturated carbocycles. The topological polar surface area (TPSA) is 101 Å². The molecular formula is C20H19N3O4. The van der Waals surface area contributed by atoms with E-state index >= 15 is 0 Å². The number of carbonyl (C=O) groups is 2. The lowest BCUT2D eigenvalue weighted by atomic mass is 10.1. The van der Waals surface area contributed by atoms with Gasteiger partial charge in [0, 0.05) is 35.5 Å². The molecule has 0 bridgehead atoms. The molecule has 0 spiro atoms. The summed E-state index contributed by atoms with van der Waals surface area (Å²) in [5.74, 6) is -0.266. The van der Waals surface area contributed by atoms with Crippen molar-refractivity contribution in [1.82, 2.24) is 0 Å². The number of amides is 2. The van der Waals surface area contributed by atoms with Crippen molar-refractivity contribution in [3.63, 3.8) is 0 Å². The number of aryl methyl sites for hydroxylation is 1. The SMILES string of the molecule is Cc1ccc(NC(=O)/C=C/c2cccc([N+](=O)[O-])c2)cc1NC(=O)C1CC1. The maximum atomic E-state index is 12.1. The molecule has 7 nitrogen and oxygen atoms in total. The summed E-state index contributed by atoms with van der Waals surface area (Å²) in [6, 6.07) is 11.3. The summed E-state index contributed by atoms with van der Waals surface area (Å²) < 4.78 is 0. The van der Waals surface area contributed by atoms with Crippen molar-refractivity contribution >= 4 is 35.0 Å². The van der Waals surface area contributed by atoms with Gasteiger partial charge in [-0.05, 0) is 49.1 Å². The summed E-state index contributed by atoms with van der Waals surface area (Å²) in [6.45, 7) is 1.89. The molecule has 0 atom stereocenters. The molecule has 1 aliphatic rings. The van der Waals surface area contributed by atoms with Crippen LogP contribution in [0.3, 0.4) is 0 Å². The molecule has 2 N–H and O–H groups in total. The summed E-state index contributed by atoms with van der Waals surface area (Å²) in [5.41, 5.74) is 2.66. The Balaban J connectivity index is 1.65. The number of anilines is 2. The quantitative estimate of drug-likeness (QED) is 0.460. The second-order valence-electron chi connectivity index (χ2n) is 6.47. The third kappa shape index (κ3) is 5.01. The molecule has 3 rings (SSSR count). The average molecular weight is 365 g/mol. The monoisotopic (exact) mass is 365 g/mol. The van der Waals surface area contributed by atoms with Gasteiger partial charge in [0.25, 0.3) is 5.69 Å². The van der Waals surface area contributed by atoms with Gasteiger partial charge in [-0.15, -0.1) is 0 Å². The molecule has 0 radical (unpaired) electrons. The number of nitro groups is 1. The number of benzene rings is 2. The number of hydrogen-bond acceptors (Lipinski definition) is 4. The van der Waals surface area contributed by atoms with Gasteiger partial charge >= 0.3 is 0 Å². The van der Waals surface area contributed by atoms with Crippen molar-refractivity contribution < 1.29 is 14.5 Å². The first-order chi connectivity index (χ1) is 12.9. The second kappa shape index (κ2) is 7.82. The number of nitrogens with zero attached hydrogens (tertiary/aromatic N) is 1. The zero-order chi connectivity index (χ0) is 19.4. The predicted octanol–water partition coefficient (Wildman–Crippen LogP) is 3.90. The Morgan fingerprint density at radius 1 is 1.15 bits per heavy atom. The first-order valence-corrected chi connectivity index (χ1v) is 8.57. The average Bonchev–Trinajstić information content (AvgIpc) is 3.48. The van der Waals surface area contributed by atoms with E-state index in [9.17, 15) is 19.7 Å². The first-order valence-electron chi connectivity index (χ1n) is 8.57. The van der Waals surface area contributed by atoms with Gasteiger partial charge in [-0.1, -0.05) is 18.2 Å². The normalized spacial score (nSPS) is 13.4. The fourth-order valence-electron chi connectivity index (χ4n) is 2.51. The third-order valence-electron chi connectivity index (χ3n) is 4.22. The maximum absolute atomic E-state index is 12.1. The molecule has 7 heteroatoms. The van der Waals surface area contributed by atoms with Gasteiger partial charge < -0.3 is 10.6 Å².